The van der Waals surface area contributed by atoms with Crippen LogP contribution in [-0.4, -0.2) is 17.4 Å². The molecule has 1 aromatic heterocycles. The van der Waals surface area contributed by atoms with Crippen LogP contribution in [0.25, 0.3) is 0 Å². The van der Waals surface area contributed by atoms with Crippen molar-refractivity contribution in [2.45, 2.75) is 12.8 Å². The molecule has 1 amide bonds. The van der Waals surface area contributed by atoms with E-state index >= 15 is 0 Å². The van der Waals surface area contributed by atoms with Crippen LogP contribution in [0.5, 0.6) is 0 Å². The highest BCUT2D eigenvalue weighted by Gasteiger charge is 2.02. The molecule has 1 aromatic rings. The summed E-state index contributed by atoms with van der Waals surface area (Å²) in [6, 6.07) is 0. The predicted molar refractivity (Wildman–Crippen MR) is 43.4 cm³/mol. The summed E-state index contributed by atoms with van der Waals surface area (Å²) in [5.41, 5.74) is 5.23. The molecule has 0 bridgehead atoms. The molecule has 0 unspecified atom stereocenters. The molecular weight excluding hydrogens is 158 g/mol. The summed E-state index contributed by atoms with van der Waals surface area (Å²) in [7, 11) is 0. The van der Waals surface area contributed by atoms with E-state index in [1.807, 2.05) is 0 Å². The quantitative estimate of drug-likeness (QED) is 0.681. The summed E-state index contributed by atoms with van der Waals surface area (Å²) in [6.07, 6.45) is 3.80. The first-order chi connectivity index (χ1) is 5.83. The fourth-order valence-corrected chi connectivity index (χ4v) is 0.740. The molecule has 1 rings (SSSR count). The molecule has 0 aliphatic rings. The van der Waals surface area contributed by atoms with Gasteiger partial charge in [0.2, 0.25) is 11.8 Å². The number of nitrogens with zero attached hydrogens (tertiary/aromatic N) is 1. The first-order valence-corrected chi connectivity index (χ1v) is 3.71. The van der Waals surface area contributed by atoms with Gasteiger partial charge in [0, 0.05) is 6.42 Å². The van der Waals surface area contributed by atoms with E-state index in [9.17, 15) is 4.79 Å². The number of rotatable bonds is 4. The Balaban J connectivity index is 2.27. The Kier molecular flexibility index (Phi) is 3.28. The van der Waals surface area contributed by atoms with E-state index < -0.39 is 0 Å². The van der Waals surface area contributed by atoms with Gasteiger partial charge in [-0.15, -0.1) is 0 Å². The van der Waals surface area contributed by atoms with Crippen molar-refractivity contribution in [1.82, 2.24) is 4.98 Å². The lowest BCUT2D eigenvalue weighted by atomic mass is 10.3. The number of carbonyl (C=O) groups is 1. The smallest absolute Gasteiger partial charge is 0.226 e. The number of oxazole rings is 1. The lowest BCUT2D eigenvalue weighted by molar-refractivity contribution is -0.116. The number of anilines is 1. The van der Waals surface area contributed by atoms with Gasteiger partial charge in [0.05, 0.1) is 6.20 Å². The van der Waals surface area contributed by atoms with Crippen molar-refractivity contribution >= 4 is 11.8 Å². The molecule has 5 nitrogen and oxygen atoms in total. The molecule has 5 heteroatoms. The Labute approximate surface area is 70.0 Å². The SMILES string of the molecule is NCCCC(=O)Nc1cnco1. The first kappa shape index (κ1) is 8.73. The largest absolute Gasteiger partial charge is 0.428 e. The summed E-state index contributed by atoms with van der Waals surface area (Å²) < 4.78 is 4.81. The molecule has 0 radical (unpaired) electrons. The van der Waals surface area contributed by atoms with Gasteiger partial charge in [-0.25, -0.2) is 4.98 Å². The lowest BCUT2D eigenvalue weighted by Crippen LogP contribution is -2.12. The molecule has 1 heterocycles. The Bertz CT molecular complexity index is 233. The van der Waals surface area contributed by atoms with E-state index in [1.54, 1.807) is 0 Å². The number of nitrogens with one attached hydrogen (secondary N) is 1. The van der Waals surface area contributed by atoms with Gasteiger partial charge in [0.25, 0.3) is 0 Å². The van der Waals surface area contributed by atoms with Gasteiger partial charge >= 0.3 is 0 Å². The average Bonchev–Trinajstić information content (AvgIpc) is 2.53. The van der Waals surface area contributed by atoms with Gasteiger partial charge in [0.15, 0.2) is 6.39 Å². The molecule has 0 aliphatic heterocycles. The molecule has 0 saturated heterocycles. The standard InChI is InChI=1S/C7H11N3O2/c8-3-1-2-6(11)10-7-4-9-5-12-7/h4-5H,1-3,8H2,(H,10,11). The summed E-state index contributed by atoms with van der Waals surface area (Å²) in [6.45, 7) is 0.518. The van der Waals surface area contributed by atoms with Crippen molar-refractivity contribution in [3.8, 4) is 0 Å². The second kappa shape index (κ2) is 4.50. The van der Waals surface area contributed by atoms with Crippen molar-refractivity contribution in [2.75, 3.05) is 11.9 Å². The van der Waals surface area contributed by atoms with Crippen LogP contribution in [0.4, 0.5) is 5.88 Å². The summed E-state index contributed by atoms with van der Waals surface area (Å²) in [5, 5.41) is 2.53. The summed E-state index contributed by atoms with van der Waals surface area (Å²) in [5.74, 6) is 0.272. The molecule has 0 atom stereocenters. The van der Waals surface area contributed by atoms with E-state index in [4.69, 9.17) is 10.2 Å². The van der Waals surface area contributed by atoms with Crippen molar-refractivity contribution in [3.05, 3.63) is 12.6 Å². The van der Waals surface area contributed by atoms with E-state index in [1.165, 1.54) is 12.6 Å². The van der Waals surface area contributed by atoms with Crippen molar-refractivity contribution < 1.29 is 9.21 Å². The number of carbonyl (C=O) groups excluding carboxylic acids is 1. The maximum atomic E-state index is 11.0. The minimum absolute atomic E-state index is 0.0998. The van der Waals surface area contributed by atoms with Crippen LogP contribution >= 0.6 is 0 Å². The van der Waals surface area contributed by atoms with Crippen molar-refractivity contribution in [2.24, 2.45) is 5.73 Å². The molecule has 0 saturated carbocycles. The van der Waals surface area contributed by atoms with Gasteiger partial charge in [-0.05, 0) is 13.0 Å². The minimum atomic E-state index is -0.0998. The average molecular weight is 169 g/mol. The van der Waals surface area contributed by atoms with Crippen molar-refractivity contribution in [3.63, 3.8) is 0 Å². The van der Waals surface area contributed by atoms with Crippen LogP contribution in [0.1, 0.15) is 12.8 Å². The Morgan fingerprint density at radius 1 is 1.75 bits per heavy atom. The van der Waals surface area contributed by atoms with E-state index in [2.05, 4.69) is 10.3 Å². The van der Waals surface area contributed by atoms with Crippen LogP contribution in [0.3, 0.4) is 0 Å². The minimum Gasteiger partial charge on any atom is -0.428 e. The van der Waals surface area contributed by atoms with E-state index in [-0.39, 0.29) is 5.91 Å². The fourth-order valence-electron chi connectivity index (χ4n) is 0.740. The Morgan fingerprint density at radius 3 is 3.17 bits per heavy atom. The topological polar surface area (TPSA) is 81.2 Å². The van der Waals surface area contributed by atoms with Crippen molar-refractivity contribution in [1.29, 1.82) is 0 Å². The van der Waals surface area contributed by atoms with Crippen LogP contribution in [0.15, 0.2) is 17.0 Å². The maximum Gasteiger partial charge on any atom is 0.226 e. The van der Waals surface area contributed by atoms with Crippen LogP contribution < -0.4 is 11.1 Å². The normalized spacial score (nSPS) is 9.75. The van der Waals surface area contributed by atoms with E-state index in [0.29, 0.717) is 25.3 Å². The summed E-state index contributed by atoms with van der Waals surface area (Å²) >= 11 is 0. The number of hydrogen-bond donors (Lipinski definition) is 2. The second-order valence-corrected chi connectivity index (χ2v) is 2.31. The molecule has 0 fully saturated rings. The molecule has 66 valence electrons. The number of hydrogen-bond acceptors (Lipinski definition) is 4. The third-order valence-electron chi connectivity index (χ3n) is 1.30. The highest BCUT2D eigenvalue weighted by Crippen LogP contribution is 2.04. The van der Waals surface area contributed by atoms with Gasteiger partial charge in [-0.1, -0.05) is 0 Å². The zero-order chi connectivity index (χ0) is 8.81. The highest BCUT2D eigenvalue weighted by molar-refractivity contribution is 5.89. The van der Waals surface area contributed by atoms with Gasteiger partial charge in [0.1, 0.15) is 0 Å². The van der Waals surface area contributed by atoms with Crippen LogP contribution in [0, 0.1) is 0 Å². The summed E-state index contributed by atoms with van der Waals surface area (Å²) in [4.78, 5) is 14.7. The fraction of sp³-hybridized carbons (Fsp3) is 0.429. The highest BCUT2D eigenvalue weighted by atomic mass is 16.4. The van der Waals surface area contributed by atoms with Gasteiger partial charge < -0.3 is 10.2 Å². The first-order valence-electron chi connectivity index (χ1n) is 3.71. The third-order valence-corrected chi connectivity index (χ3v) is 1.30. The van der Waals surface area contributed by atoms with Gasteiger partial charge in [-0.2, -0.15) is 0 Å². The molecular formula is C7H11N3O2. The molecule has 0 spiro atoms. The molecule has 0 aliphatic carbocycles. The number of aromatic nitrogens is 1. The Hall–Kier alpha value is -1.36. The molecule has 3 N–H and O–H groups in total. The van der Waals surface area contributed by atoms with Crippen LogP contribution in [-0.2, 0) is 4.79 Å². The van der Waals surface area contributed by atoms with Gasteiger partial charge in [-0.3, -0.25) is 10.1 Å². The monoisotopic (exact) mass is 169 g/mol. The third kappa shape index (κ3) is 2.71. The zero-order valence-electron chi connectivity index (χ0n) is 6.62. The second-order valence-electron chi connectivity index (χ2n) is 2.31. The van der Waals surface area contributed by atoms with E-state index in [0.717, 1.165) is 0 Å². The molecule has 12 heavy (non-hydrogen) atoms. The lowest BCUT2D eigenvalue weighted by Gasteiger charge is -1.98. The number of amides is 1. The maximum absolute atomic E-state index is 11.0. The Morgan fingerprint density at radius 2 is 2.58 bits per heavy atom. The zero-order valence-corrected chi connectivity index (χ0v) is 6.62. The predicted octanol–water partition coefficient (Wildman–Crippen LogP) is 0.352. The van der Waals surface area contributed by atoms with Crippen LogP contribution in [0.2, 0.25) is 0 Å². The number of nitrogens with two attached hydrogens (primary N) is 1. The molecule has 0 aromatic carbocycles.